The predicted octanol–water partition coefficient (Wildman–Crippen LogP) is 8.75. The van der Waals surface area contributed by atoms with E-state index >= 15 is 0 Å². The van der Waals surface area contributed by atoms with Crippen LogP contribution in [0.1, 0.15) is 62.0 Å². The van der Waals surface area contributed by atoms with E-state index in [1.54, 1.807) is 0 Å². The van der Waals surface area contributed by atoms with E-state index in [1.165, 1.54) is 55.4 Å². The number of rotatable bonds is 5. The van der Waals surface area contributed by atoms with E-state index in [1.807, 2.05) is 12.1 Å². The van der Waals surface area contributed by atoms with Crippen LogP contribution < -0.4 is 0 Å². The van der Waals surface area contributed by atoms with Gasteiger partial charge in [0.15, 0.2) is 0 Å². The minimum absolute atomic E-state index is 0.450. The Bertz CT molecular complexity index is 950. The van der Waals surface area contributed by atoms with Gasteiger partial charge in [0.2, 0.25) is 0 Å². The zero-order chi connectivity index (χ0) is 21.1. The van der Waals surface area contributed by atoms with Crippen molar-refractivity contribution in [3.05, 3.63) is 94.5 Å². The highest BCUT2D eigenvalue weighted by molar-refractivity contribution is 6.31. The molecule has 0 radical (unpaired) electrons. The molecular weight excluding hydrogens is 398 g/mol. The summed E-state index contributed by atoms with van der Waals surface area (Å²) in [5.74, 6) is 0.515. The van der Waals surface area contributed by atoms with Crippen LogP contribution in [0, 0.1) is 17.6 Å². The van der Waals surface area contributed by atoms with Crippen molar-refractivity contribution in [2.24, 2.45) is 5.92 Å². The molecule has 0 N–H and O–H groups in total. The number of halogens is 3. The van der Waals surface area contributed by atoms with Gasteiger partial charge in [-0.15, -0.1) is 0 Å². The van der Waals surface area contributed by atoms with Crippen LogP contribution in [-0.4, -0.2) is 0 Å². The van der Waals surface area contributed by atoms with Crippen molar-refractivity contribution in [2.45, 2.75) is 50.9 Å². The first-order valence-corrected chi connectivity index (χ1v) is 11.2. The molecule has 30 heavy (non-hydrogen) atoms. The maximum atomic E-state index is 13.8. The van der Waals surface area contributed by atoms with E-state index in [-0.39, 0.29) is 0 Å². The molecule has 0 spiro atoms. The molecule has 0 unspecified atom stereocenters. The fraction of sp³-hybridized carbons (Fsp3) is 0.333. The van der Waals surface area contributed by atoms with Crippen molar-refractivity contribution in [3.8, 4) is 11.1 Å². The first-order chi connectivity index (χ1) is 14.5. The summed E-state index contributed by atoms with van der Waals surface area (Å²) in [6.07, 6.45) is 6.18. The molecule has 0 heterocycles. The predicted molar refractivity (Wildman–Crippen MR) is 121 cm³/mol. The van der Waals surface area contributed by atoms with Gasteiger partial charge in [-0.1, -0.05) is 73.1 Å². The summed E-state index contributed by atoms with van der Waals surface area (Å²) in [6, 6.07) is 21.5. The van der Waals surface area contributed by atoms with Crippen LogP contribution in [0.5, 0.6) is 0 Å². The van der Waals surface area contributed by atoms with Crippen LogP contribution in [0.4, 0.5) is 8.78 Å². The molecular formula is C27H27ClF2. The van der Waals surface area contributed by atoms with Crippen molar-refractivity contribution in [3.63, 3.8) is 0 Å². The Kier molecular flexibility index (Phi) is 6.53. The van der Waals surface area contributed by atoms with Crippen molar-refractivity contribution >= 4 is 11.6 Å². The quantitative estimate of drug-likeness (QED) is 0.359. The smallest absolute Gasteiger partial charge is 0.145 e. The normalized spacial score (nSPS) is 20.1. The summed E-state index contributed by atoms with van der Waals surface area (Å²) >= 11 is 5.59. The lowest BCUT2D eigenvalue weighted by Gasteiger charge is -2.30. The molecule has 1 atom stereocenters. The van der Waals surface area contributed by atoms with Gasteiger partial charge in [-0.05, 0) is 84.2 Å². The number of benzene rings is 3. The molecule has 0 aliphatic heterocycles. The lowest BCUT2D eigenvalue weighted by Crippen LogP contribution is -2.15. The Morgan fingerprint density at radius 1 is 0.833 bits per heavy atom. The van der Waals surface area contributed by atoms with Crippen molar-refractivity contribution in [2.75, 3.05) is 0 Å². The molecule has 1 aliphatic rings. The summed E-state index contributed by atoms with van der Waals surface area (Å²) in [7, 11) is 0. The van der Waals surface area contributed by atoms with E-state index in [9.17, 15) is 8.78 Å². The fourth-order valence-electron chi connectivity index (χ4n) is 4.82. The molecule has 3 heteroatoms. The van der Waals surface area contributed by atoms with Gasteiger partial charge in [-0.2, -0.15) is 0 Å². The van der Waals surface area contributed by atoms with E-state index in [2.05, 4.69) is 49.4 Å². The SMILES string of the molecule is C[C@H](CC1CCC(c2ccc(-c3cc(F)c(Cl)c(F)c3)cc2)CC1)c1ccccc1. The zero-order valence-corrected chi connectivity index (χ0v) is 18.0. The van der Waals surface area contributed by atoms with Crippen LogP contribution in [0.15, 0.2) is 66.7 Å². The molecule has 1 aliphatic carbocycles. The van der Waals surface area contributed by atoms with Gasteiger partial charge < -0.3 is 0 Å². The Labute approximate surface area is 182 Å². The van der Waals surface area contributed by atoms with E-state index in [0.29, 0.717) is 17.4 Å². The van der Waals surface area contributed by atoms with Crippen molar-refractivity contribution in [1.82, 2.24) is 0 Å². The molecule has 4 rings (SSSR count). The van der Waals surface area contributed by atoms with E-state index in [4.69, 9.17) is 11.6 Å². The topological polar surface area (TPSA) is 0 Å². The third-order valence-corrected chi connectivity index (χ3v) is 6.96. The van der Waals surface area contributed by atoms with Gasteiger partial charge in [0.05, 0.1) is 0 Å². The Morgan fingerprint density at radius 2 is 1.43 bits per heavy atom. The summed E-state index contributed by atoms with van der Waals surface area (Å²) < 4.78 is 27.5. The van der Waals surface area contributed by atoms with Crippen LogP contribution in [-0.2, 0) is 0 Å². The van der Waals surface area contributed by atoms with E-state index < -0.39 is 16.7 Å². The Morgan fingerprint density at radius 3 is 2.03 bits per heavy atom. The Hall–Kier alpha value is -2.19. The van der Waals surface area contributed by atoms with Gasteiger partial charge in [-0.3, -0.25) is 0 Å². The standard InChI is InChI=1S/C27H27ClF2/c1-18(20-5-3-2-4-6-20)15-19-7-9-21(10-8-19)22-11-13-23(14-12-22)24-16-25(29)27(28)26(30)17-24/h2-6,11-14,16-19,21H,7-10,15H2,1H3/t18-,19?,21?/m1/s1. The molecule has 0 nitrogen and oxygen atoms in total. The third kappa shape index (κ3) is 4.75. The van der Waals surface area contributed by atoms with Gasteiger partial charge in [0, 0.05) is 0 Å². The monoisotopic (exact) mass is 424 g/mol. The molecule has 1 saturated carbocycles. The molecule has 3 aromatic carbocycles. The third-order valence-electron chi connectivity index (χ3n) is 6.60. The Balaban J connectivity index is 1.36. The summed E-state index contributed by atoms with van der Waals surface area (Å²) in [5, 5.41) is -0.450. The van der Waals surface area contributed by atoms with Crippen LogP contribution >= 0.6 is 11.6 Å². The molecule has 1 fully saturated rings. The van der Waals surface area contributed by atoms with Gasteiger partial charge in [0.1, 0.15) is 16.7 Å². The first-order valence-electron chi connectivity index (χ1n) is 10.8. The van der Waals surface area contributed by atoms with Crippen LogP contribution in [0.25, 0.3) is 11.1 Å². The second-order valence-electron chi connectivity index (χ2n) is 8.64. The number of hydrogen-bond donors (Lipinski definition) is 0. The number of hydrogen-bond acceptors (Lipinski definition) is 0. The highest BCUT2D eigenvalue weighted by Gasteiger charge is 2.24. The highest BCUT2D eigenvalue weighted by Crippen LogP contribution is 2.40. The molecule has 156 valence electrons. The molecule has 0 aromatic heterocycles. The largest absolute Gasteiger partial charge is 0.205 e. The molecule has 0 amide bonds. The average Bonchev–Trinajstić information content (AvgIpc) is 2.78. The zero-order valence-electron chi connectivity index (χ0n) is 17.3. The summed E-state index contributed by atoms with van der Waals surface area (Å²) in [5.41, 5.74) is 4.08. The van der Waals surface area contributed by atoms with Gasteiger partial charge >= 0.3 is 0 Å². The lowest BCUT2D eigenvalue weighted by molar-refractivity contribution is 0.297. The van der Waals surface area contributed by atoms with Crippen LogP contribution in [0.2, 0.25) is 5.02 Å². The van der Waals surface area contributed by atoms with Crippen molar-refractivity contribution < 1.29 is 8.78 Å². The maximum absolute atomic E-state index is 13.8. The summed E-state index contributed by atoms with van der Waals surface area (Å²) in [6.45, 7) is 2.34. The average molecular weight is 425 g/mol. The second-order valence-corrected chi connectivity index (χ2v) is 9.02. The molecule has 0 bridgehead atoms. The van der Waals surface area contributed by atoms with Crippen molar-refractivity contribution in [1.29, 1.82) is 0 Å². The van der Waals surface area contributed by atoms with Gasteiger partial charge in [0.25, 0.3) is 0 Å². The molecule has 0 saturated heterocycles. The minimum atomic E-state index is -0.723. The second kappa shape index (κ2) is 9.31. The van der Waals surface area contributed by atoms with Crippen LogP contribution in [0.3, 0.4) is 0 Å². The minimum Gasteiger partial charge on any atom is -0.205 e. The van der Waals surface area contributed by atoms with E-state index in [0.717, 1.165) is 11.5 Å². The first kappa shape index (κ1) is 21.1. The molecule has 3 aromatic rings. The fourth-order valence-corrected chi connectivity index (χ4v) is 4.93. The highest BCUT2D eigenvalue weighted by atomic mass is 35.5. The maximum Gasteiger partial charge on any atom is 0.145 e. The van der Waals surface area contributed by atoms with Gasteiger partial charge in [-0.25, -0.2) is 8.78 Å². The summed E-state index contributed by atoms with van der Waals surface area (Å²) in [4.78, 5) is 0. The lowest BCUT2D eigenvalue weighted by atomic mass is 9.75.